The number of aromatic nitrogens is 1. The molecule has 31 heavy (non-hydrogen) atoms. The van der Waals surface area contributed by atoms with Crippen LogP contribution >= 0.6 is 11.6 Å². The lowest BCUT2D eigenvalue weighted by Crippen LogP contribution is -2.42. The number of hydrogen-bond acceptors (Lipinski definition) is 5. The van der Waals surface area contributed by atoms with Gasteiger partial charge in [-0.15, -0.1) is 0 Å². The van der Waals surface area contributed by atoms with Crippen LogP contribution in [0.3, 0.4) is 0 Å². The predicted molar refractivity (Wildman–Crippen MR) is 114 cm³/mol. The number of halogens is 2. The topological polar surface area (TPSA) is 87.6 Å². The van der Waals surface area contributed by atoms with Crippen LogP contribution in [0.1, 0.15) is 22.3 Å². The summed E-state index contributed by atoms with van der Waals surface area (Å²) in [5.41, 5.74) is 1.07. The molecule has 0 saturated carbocycles. The van der Waals surface area contributed by atoms with E-state index in [-0.39, 0.29) is 22.1 Å². The second-order valence-corrected chi connectivity index (χ2v) is 9.60. The number of benzene rings is 2. The highest BCUT2D eigenvalue weighted by Gasteiger charge is 2.28. The molecule has 0 atom stereocenters. The number of pyridine rings is 1. The van der Waals surface area contributed by atoms with Crippen LogP contribution in [0.25, 0.3) is 11.3 Å². The summed E-state index contributed by atoms with van der Waals surface area (Å²) < 4.78 is 40.5. The maximum absolute atomic E-state index is 14.4. The highest BCUT2D eigenvalue weighted by atomic mass is 35.5. The first kappa shape index (κ1) is 21.3. The fraction of sp³-hybridized carbons (Fsp3) is 0.182. The van der Waals surface area contributed by atoms with Crippen LogP contribution in [0.15, 0.2) is 59.6 Å². The van der Waals surface area contributed by atoms with E-state index >= 15 is 0 Å². The average Bonchev–Trinajstić information content (AvgIpc) is 2.70. The van der Waals surface area contributed by atoms with Gasteiger partial charge in [-0.2, -0.15) is 0 Å². The first-order valence-corrected chi connectivity index (χ1v) is 11.5. The van der Waals surface area contributed by atoms with E-state index in [1.807, 2.05) is 6.07 Å². The van der Waals surface area contributed by atoms with E-state index in [2.05, 4.69) is 4.98 Å². The standard InChI is InChI=1S/C22H18ClFN2O4S/c23-17-9-15(22(28)26-7-4-8-26)11-20(21(17)27)31(29,30)13-16-10-19(25-12-18(16)24)14-5-2-1-3-6-14/h1-3,5-6,9-12,27H,4,7-8,13H2. The number of likely N-dealkylation sites (tertiary alicyclic amines) is 1. The van der Waals surface area contributed by atoms with Gasteiger partial charge in [0.15, 0.2) is 15.6 Å². The number of amides is 1. The van der Waals surface area contributed by atoms with Gasteiger partial charge < -0.3 is 10.0 Å². The maximum Gasteiger partial charge on any atom is 0.253 e. The number of phenolic OH excluding ortho intramolecular Hbond substituents is 1. The minimum atomic E-state index is -4.23. The number of sulfone groups is 1. The number of aromatic hydroxyl groups is 1. The van der Waals surface area contributed by atoms with Crippen LogP contribution in [-0.2, 0) is 15.6 Å². The zero-order valence-electron chi connectivity index (χ0n) is 16.3. The Bertz CT molecular complexity index is 1260. The number of phenols is 1. The summed E-state index contributed by atoms with van der Waals surface area (Å²) in [6, 6.07) is 12.6. The van der Waals surface area contributed by atoms with Crippen molar-refractivity contribution in [1.29, 1.82) is 0 Å². The minimum absolute atomic E-state index is 0.0567. The van der Waals surface area contributed by atoms with Gasteiger partial charge in [0.1, 0.15) is 10.7 Å². The number of rotatable bonds is 5. The van der Waals surface area contributed by atoms with Crippen LogP contribution in [0.5, 0.6) is 5.75 Å². The number of hydrogen-bond donors (Lipinski definition) is 1. The van der Waals surface area contributed by atoms with Crippen LogP contribution in [0, 0.1) is 5.82 Å². The molecule has 1 fully saturated rings. The second kappa shape index (κ2) is 8.28. The molecule has 2 aromatic carbocycles. The Hall–Kier alpha value is -2.97. The normalized spacial score (nSPS) is 13.7. The fourth-order valence-corrected chi connectivity index (χ4v) is 5.05. The van der Waals surface area contributed by atoms with Gasteiger partial charge in [0.2, 0.25) is 0 Å². The fourth-order valence-electron chi connectivity index (χ4n) is 3.28. The summed E-state index contributed by atoms with van der Waals surface area (Å²) in [4.78, 5) is 17.6. The van der Waals surface area contributed by atoms with Crippen LogP contribution < -0.4 is 0 Å². The Labute approximate surface area is 183 Å². The van der Waals surface area contributed by atoms with Crippen molar-refractivity contribution in [2.75, 3.05) is 13.1 Å². The van der Waals surface area contributed by atoms with E-state index in [0.717, 1.165) is 18.7 Å². The van der Waals surface area contributed by atoms with Gasteiger partial charge in [-0.3, -0.25) is 9.78 Å². The molecule has 2 heterocycles. The van der Waals surface area contributed by atoms with E-state index < -0.39 is 32.1 Å². The molecule has 1 aliphatic rings. The molecule has 0 unspecified atom stereocenters. The van der Waals surface area contributed by atoms with Gasteiger partial charge in [-0.25, -0.2) is 12.8 Å². The molecule has 6 nitrogen and oxygen atoms in total. The largest absolute Gasteiger partial charge is 0.505 e. The van der Waals surface area contributed by atoms with Crippen molar-refractivity contribution in [1.82, 2.24) is 9.88 Å². The van der Waals surface area contributed by atoms with Crippen molar-refractivity contribution < 1.29 is 22.7 Å². The third-order valence-electron chi connectivity index (χ3n) is 5.10. The molecule has 1 saturated heterocycles. The summed E-state index contributed by atoms with van der Waals surface area (Å²) in [6.45, 7) is 1.15. The van der Waals surface area contributed by atoms with Crippen molar-refractivity contribution in [3.05, 3.63) is 76.7 Å². The summed E-state index contributed by atoms with van der Waals surface area (Å²) in [5.74, 6) is -2.56. The molecule has 9 heteroatoms. The molecule has 4 rings (SSSR count). The maximum atomic E-state index is 14.4. The van der Waals surface area contributed by atoms with E-state index in [0.29, 0.717) is 24.3 Å². The molecule has 3 aromatic rings. The SMILES string of the molecule is O=C(c1cc(Cl)c(O)c(S(=O)(=O)Cc2cc(-c3ccccc3)ncc2F)c1)N1CCC1. The minimum Gasteiger partial charge on any atom is -0.505 e. The van der Waals surface area contributed by atoms with Gasteiger partial charge in [0.05, 0.1) is 22.7 Å². The average molecular weight is 461 g/mol. The quantitative estimate of drug-likeness (QED) is 0.620. The highest BCUT2D eigenvalue weighted by Crippen LogP contribution is 2.35. The first-order chi connectivity index (χ1) is 14.8. The van der Waals surface area contributed by atoms with Gasteiger partial charge >= 0.3 is 0 Å². The molecular formula is C22H18ClFN2O4S. The lowest BCUT2D eigenvalue weighted by atomic mass is 10.1. The first-order valence-electron chi connectivity index (χ1n) is 9.50. The molecule has 0 spiro atoms. The lowest BCUT2D eigenvalue weighted by molar-refractivity contribution is 0.0651. The zero-order valence-corrected chi connectivity index (χ0v) is 17.8. The van der Waals surface area contributed by atoms with Crippen molar-refractivity contribution in [2.24, 2.45) is 0 Å². The van der Waals surface area contributed by atoms with Gasteiger partial charge in [0.25, 0.3) is 5.91 Å². The zero-order chi connectivity index (χ0) is 22.2. The third-order valence-corrected chi connectivity index (χ3v) is 7.06. The van der Waals surface area contributed by atoms with E-state index in [1.54, 1.807) is 29.2 Å². The lowest BCUT2D eigenvalue weighted by Gasteiger charge is -2.31. The van der Waals surface area contributed by atoms with Crippen molar-refractivity contribution >= 4 is 27.3 Å². The predicted octanol–water partition coefficient (Wildman–Crippen LogP) is 4.07. The van der Waals surface area contributed by atoms with Crippen LogP contribution in [-0.4, -0.2) is 42.4 Å². The summed E-state index contributed by atoms with van der Waals surface area (Å²) in [6.07, 6.45) is 1.83. The molecular weight excluding hydrogens is 443 g/mol. The molecule has 1 aliphatic heterocycles. The van der Waals surface area contributed by atoms with E-state index in [4.69, 9.17) is 11.6 Å². The number of carbonyl (C=O) groups is 1. The third kappa shape index (κ3) is 4.26. The Kier molecular flexibility index (Phi) is 5.68. The van der Waals surface area contributed by atoms with Gasteiger partial charge in [0, 0.05) is 29.8 Å². The Morgan fingerprint density at radius 2 is 1.87 bits per heavy atom. The number of nitrogens with zero attached hydrogens (tertiary/aromatic N) is 2. The van der Waals surface area contributed by atoms with Crippen molar-refractivity contribution in [3.8, 4) is 17.0 Å². The Balaban J connectivity index is 1.71. The molecule has 160 valence electrons. The van der Waals surface area contributed by atoms with E-state index in [9.17, 15) is 22.7 Å². The van der Waals surface area contributed by atoms with Gasteiger partial charge in [-0.05, 0) is 24.6 Å². The van der Waals surface area contributed by atoms with Crippen molar-refractivity contribution in [3.63, 3.8) is 0 Å². The summed E-state index contributed by atoms with van der Waals surface area (Å²) in [5, 5.41) is 10.0. The highest BCUT2D eigenvalue weighted by molar-refractivity contribution is 7.90. The monoisotopic (exact) mass is 460 g/mol. The molecule has 0 aliphatic carbocycles. The molecule has 0 radical (unpaired) electrons. The molecule has 0 bridgehead atoms. The Morgan fingerprint density at radius 3 is 2.52 bits per heavy atom. The van der Waals surface area contributed by atoms with E-state index in [1.165, 1.54) is 12.1 Å². The second-order valence-electron chi connectivity index (χ2n) is 7.24. The summed E-state index contributed by atoms with van der Waals surface area (Å²) >= 11 is 6.01. The summed E-state index contributed by atoms with van der Waals surface area (Å²) in [7, 11) is -4.23. The smallest absolute Gasteiger partial charge is 0.253 e. The molecule has 1 aromatic heterocycles. The number of carbonyl (C=O) groups excluding carboxylic acids is 1. The Morgan fingerprint density at radius 1 is 1.16 bits per heavy atom. The van der Waals surface area contributed by atoms with Gasteiger partial charge in [-0.1, -0.05) is 41.9 Å². The van der Waals surface area contributed by atoms with Crippen molar-refractivity contribution in [2.45, 2.75) is 17.1 Å². The molecule has 1 N–H and O–H groups in total. The van der Waals surface area contributed by atoms with Crippen LogP contribution in [0.4, 0.5) is 4.39 Å². The molecule has 1 amide bonds. The van der Waals surface area contributed by atoms with Crippen LogP contribution in [0.2, 0.25) is 5.02 Å².